The summed E-state index contributed by atoms with van der Waals surface area (Å²) in [6.45, 7) is 9.65. The third-order valence-corrected chi connectivity index (χ3v) is 4.27. The number of aromatic nitrogens is 2. The van der Waals surface area contributed by atoms with Crippen LogP contribution in [0.4, 0.5) is 5.82 Å². The number of halogens is 1. The predicted molar refractivity (Wildman–Crippen MR) is 74.4 cm³/mol. The molecular formula is C13H20BrN3. The molecule has 4 heteroatoms. The lowest BCUT2D eigenvalue weighted by atomic mass is 10.1. The number of nitrogens with zero attached hydrogens (tertiary/aromatic N) is 2. The van der Waals surface area contributed by atoms with Gasteiger partial charge in [0.1, 0.15) is 11.6 Å². The van der Waals surface area contributed by atoms with Gasteiger partial charge >= 0.3 is 0 Å². The van der Waals surface area contributed by atoms with Crippen LogP contribution in [0.1, 0.15) is 51.6 Å². The molecule has 94 valence electrons. The van der Waals surface area contributed by atoms with Crippen LogP contribution >= 0.6 is 15.9 Å². The average Bonchev–Trinajstić information content (AvgIpc) is 2.91. The van der Waals surface area contributed by atoms with Gasteiger partial charge in [-0.15, -0.1) is 0 Å². The first kappa shape index (κ1) is 12.8. The molecule has 17 heavy (non-hydrogen) atoms. The van der Waals surface area contributed by atoms with Crippen molar-refractivity contribution in [1.82, 2.24) is 9.97 Å². The van der Waals surface area contributed by atoms with Crippen molar-refractivity contribution in [3.63, 3.8) is 0 Å². The molecule has 1 aliphatic carbocycles. The second-order valence-electron chi connectivity index (χ2n) is 5.32. The van der Waals surface area contributed by atoms with Crippen LogP contribution in [0.15, 0.2) is 4.47 Å². The van der Waals surface area contributed by atoms with Crippen molar-refractivity contribution in [1.29, 1.82) is 0 Å². The molecule has 1 saturated carbocycles. The fourth-order valence-electron chi connectivity index (χ4n) is 2.10. The van der Waals surface area contributed by atoms with Gasteiger partial charge in [-0.05, 0) is 41.1 Å². The molecule has 1 aliphatic rings. The average molecular weight is 298 g/mol. The highest BCUT2D eigenvalue weighted by molar-refractivity contribution is 9.10. The summed E-state index contributed by atoms with van der Waals surface area (Å²) in [6, 6.07) is 0. The van der Waals surface area contributed by atoms with E-state index in [1.807, 2.05) is 0 Å². The Bertz CT molecular complexity index is 429. The highest BCUT2D eigenvalue weighted by Crippen LogP contribution is 2.57. The minimum Gasteiger partial charge on any atom is -0.369 e. The maximum atomic E-state index is 4.69. The molecule has 1 heterocycles. The van der Waals surface area contributed by atoms with E-state index in [0.29, 0.717) is 11.3 Å². The first-order valence-electron chi connectivity index (χ1n) is 6.29. The summed E-state index contributed by atoms with van der Waals surface area (Å²) in [5.74, 6) is 2.47. The Balaban J connectivity index is 2.37. The molecule has 1 aromatic rings. The van der Waals surface area contributed by atoms with E-state index in [1.54, 1.807) is 0 Å². The minimum atomic E-state index is 0.377. The Morgan fingerprint density at radius 2 is 2.00 bits per heavy atom. The maximum absolute atomic E-state index is 4.69. The van der Waals surface area contributed by atoms with Gasteiger partial charge in [-0.2, -0.15) is 0 Å². The Hall–Kier alpha value is -0.640. The molecule has 2 rings (SSSR count). The van der Waals surface area contributed by atoms with Crippen molar-refractivity contribution in [3.05, 3.63) is 16.0 Å². The first-order valence-corrected chi connectivity index (χ1v) is 7.09. The van der Waals surface area contributed by atoms with E-state index in [0.717, 1.165) is 34.8 Å². The highest BCUT2D eigenvalue weighted by atomic mass is 79.9. The molecule has 0 bridgehead atoms. The van der Waals surface area contributed by atoms with E-state index in [9.17, 15) is 0 Å². The predicted octanol–water partition coefficient (Wildman–Crippen LogP) is 3.75. The van der Waals surface area contributed by atoms with E-state index in [2.05, 4.69) is 53.9 Å². The van der Waals surface area contributed by atoms with Crippen molar-refractivity contribution in [2.45, 2.75) is 46.5 Å². The number of anilines is 1. The SMILES string of the molecule is CCNc1nc(C2CC2(C)C)nc(CC)c1Br. The fourth-order valence-corrected chi connectivity index (χ4v) is 2.69. The van der Waals surface area contributed by atoms with Crippen molar-refractivity contribution in [3.8, 4) is 0 Å². The van der Waals surface area contributed by atoms with Gasteiger partial charge in [-0.25, -0.2) is 9.97 Å². The molecule has 0 spiro atoms. The molecule has 0 saturated heterocycles. The maximum Gasteiger partial charge on any atom is 0.144 e. The van der Waals surface area contributed by atoms with Gasteiger partial charge in [0, 0.05) is 12.5 Å². The van der Waals surface area contributed by atoms with Crippen molar-refractivity contribution in [2.24, 2.45) is 5.41 Å². The van der Waals surface area contributed by atoms with Crippen LogP contribution in [-0.4, -0.2) is 16.5 Å². The van der Waals surface area contributed by atoms with Crippen LogP contribution < -0.4 is 5.32 Å². The number of hydrogen-bond acceptors (Lipinski definition) is 3. The highest BCUT2D eigenvalue weighted by Gasteiger charge is 2.48. The van der Waals surface area contributed by atoms with E-state index >= 15 is 0 Å². The lowest BCUT2D eigenvalue weighted by Gasteiger charge is -2.12. The number of hydrogen-bond donors (Lipinski definition) is 1. The van der Waals surface area contributed by atoms with Crippen LogP contribution in [0, 0.1) is 5.41 Å². The zero-order chi connectivity index (χ0) is 12.6. The Morgan fingerprint density at radius 3 is 2.47 bits per heavy atom. The fraction of sp³-hybridized carbons (Fsp3) is 0.692. The van der Waals surface area contributed by atoms with Gasteiger partial charge in [-0.3, -0.25) is 0 Å². The van der Waals surface area contributed by atoms with Gasteiger partial charge < -0.3 is 5.32 Å². The monoisotopic (exact) mass is 297 g/mol. The summed E-state index contributed by atoms with van der Waals surface area (Å²) in [4.78, 5) is 9.35. The Morgan fingerprint density at radius 1 is 1.35 bits per heavy atom. The van der Waals surface area contributed by atoms with Crippen LogP contribution in [0.2, 0.25) is 0 Å². The van der Waals surface area contributed by atoms with Gasteiger partial charge in [0.25, 0.3) is 0 Å². The Labute approximate surface area is 112 Å². The molecule has 1 unspecified atom stereocenters. The molecule has 0 radical (unpaired) electrons. The molecule has 3 nitrogen and oxygen atoms in total. The molecule has 1 atom stereocenters. The zero-order valence-corrected chi connectivity index (χ0v) is 12.6. The lowest BCUT2D eigenvalue weighted by molar-refractivity contribution is 0.606. The van der Waals surface area contributed by atoms with E-state index < -0.39 is 0 Å². The van der Waals surface area contributed by atoms with Gasteiger partial charge in [0.2, 0.25) is 0 Å². The third-order valence-electron chi connectivity index (χ3n) is 3.44. The van der Waals surface area contributed by atoms with Gasteiger partial charge in [0.15, 0.2) is 0 Å². The molecule has 1 N–H and O–H groups in total. The largest absolute Gasteiger partial charge is 0.369 e. The minimum absolute atomic E-state index is 0.377. The smallest absolute Gasteiger partial charge is 0.144 e. The molecular weight excluding hydrogens is 278 g/mol. The zero-order valence-electron chi connectivity index (χ0n) is 11.0. The molecule has 0 aromatic carbocycles. The summed E-state index contributed by atoms with van der Waals surface area (Å²) < 4.78 is 1.02. The summed E-state index contributed by atoms with van der Waals surface area (Å²) >= 11 is 3.59. The summed E-state index contributed by atoms with van der Waals surface area (Å²) in [6.07, 6.45) is 2.13. The quantitative estimate of drug-likeness (QED) is 0.920. The van der Waals surface area contributed by atoms with Crippen molar-refractivity contribution < 1.29 is 0 Å². The van der Waals surface area contributed by atoms with Crippen molar-refractivity contribution >= 4 is 21.7 Å². The second kappa shape index (κ2) is 4.56. The number of aryl methyl sites for hydroxylation is 1. The van der Waals surface area contributed by atoms with E-state index in [-0.39, 0.29) is 0 Å². The Kier molecular flexibility index (Phi) is 3.43. The topological polar surface area (TPSA) is 37.8 Å². The van der Waals surface area contributed by atoms with Gasteiger partial charge in [-0.1, -0.05) is 20.8 Å². The van der Waals surface area contributed by atoms with Crippen LogP contribution in [0.5, 0.6) is 0 Å². The third kappa shape index (κ3) is 2.46. The summed E-state index contributed by atoms with van der Waals surface area (Å²) in [5, 5.41) is 3.30. The number of nitrogens with one attached hydrogen (secondary N) is 1. The van der Waals surface area contributed by atoms with Crippen molar-refractivity contribution in [2.75, 3.05) is 11.9 Å². The van der Waals surface area contributed by atoms with Crippen LogP contribution in [0.25, 0.3) is 0 Å². The second-order valence-corrected chi connectivity index (χ2v) is 6.11. The summed E-state index contributed by atoms with van der Waals surface area (Å²) in [5.41, 5.74) is 1.48. The van der Waals surface area contributed by atoms with E-state index in [1.165, 1.54) is 6.42 Å². The molecule has 0 amide bonds. The van der Waals surface area contributed by atoms with Gasteiger partial charge in [0.05, 0.1) is 10.2 Å². The molecule has 1 fully saturated rings. The van der Waals surface area contributed by atoms with E-state index in [4.69, 9.17) is 4.98 Å². The van der Waals surface area contributed by atoms with Crippen LogP contribution in [-0.2, 0) is 6.42 Å². The molecule has 0 aliphatic heterocycles. The standard InChI is InChI=1S/C13H20BrN3/c1-5-9-10(14)12(15-6-2)17-11(16-9)8-7-13(8,3)4/h8H,5-7H2,1-4H3,(H,15,16,17). The first-order chi connectivity index (χ1) is 7.99. The summed E-state index contributed by atoms with van der Waals surface area (Å²) in [7, 11) is 0. The normalized spacial score (nSPS) is 21.4. The number of rotatable bonds is 4. The lowest BCUT2D eigenvalue weighted by Crippen LogP contribution is -2.08. The van der Waals surface area contributed by atoms with Crippen LogP contribution in [0.3, 0.4) is 0 Å². The molecule has 1 aromatic heterocycles.